The van der Waals surface area contributed by atoms with Crippen LogP contribution in [-0.2, 0) is 0 Å². The molecule has 2 aliphatic rings. The molecule has 0 saturated carbocycles. The number of benzene rings is 1. The summed E-state index contributed by atoms with van der Waals surface area (Å²) in [5.74, 6) is 0.839. The number of nitrogens with zero attached hydrogens (tertiary/aromatic N) is 1. The van der Waals surface area contributed by atoms with Crippen LogP contribution in [0.1, 0.15) is 56.6 Å². The Kier molecular flexibility index (Phi) is 6.49. The predicted octanol–water partition coefficient (Wildman–Crippen LogP) is 3.35. The molecule has 23 heavy (non-hydrogen) atoms. The normalized spacial score (nSPS) is 25.9. The van der Waals surface area contributed by atoms with Crippen LogP contribution in [0.3, 0.4) is 0 Å². The van der Waals surface area contributed by atoms with E-state index in [1.807, 2.05) is 18.2 Å². The first-order valence-corrected chi connectivity index (χ1v) is 9.50. The van der Waals surface area contributed by atoms with Crippen LogP contribution in [0.25, 0.3) is 0 Å². The summed E-state index contributed by atoms with van der Waals surface area (Å²) < 4.78 is 0. The Morgan fingerprint density at radius 2 is 1.83 bits per heavy atom. The van der Waals surface area contributed by atoms with Gasteiger partial charge in [-0.1, -0.05) is 43.2 Å². The first-order valence-electron chi connectivity index (χ1n) is 9.50. The van der Waals surface area contributed by atoms with Gasteiger partial charge in [0.25, 0.3) is 0 Å². The van der Waals surface area contributed by atoms with Crippen LogP contribution in [0.15, 0.2) is 30.3 Å². The van der Waals surface area contributed by atoms with Crippen LogP contribution in [-0.4, -0.2) is 42.2 Å². The topological polar surface area (TPSA) is 35.5 Å². The highest BCUT2D eigenvalue weighted by Crippen LogP contribution is 2.28. The first-order chi connectivity index (χ1) is 11.3. The van der Waals surface area contributed by atoms with Crippen molar-refractivity contribution >= 4 is 0 Å². The largest absolute Gasteiger partial charge is 0.388 e. The van der Waals surface area contributed by atoms with Crippen molar-refractivity contribution in [2.75, 3.05) is 26.2 Å². The zero-order chi connectivity index (χ0) is 15.9. The molecule has 3 rings (SSSR count). The van der Waals surface area contributed by atoms with Crippen LogP contribution in [0.5, 0.6) is 0 Å². The summed E-state index contributed by atoms with van der Waals surface area (Å²) in [7, 11) is 0. The van der Waals surface area contributed by atoms with Gasteiger partial charge in [-0.15, -0.1) is 0 Å². The maximum absolute atomic E-state index is 10.7. The van der Waals surface area contributed by atoms with Crippen molar-refractivity contribution < 1.29 is 5.11 Å². The average Bonchev–Trinajstić information content (AvgIpc) is 2.82. The van der Waals surface area contributed by atoms with Crippen molar-refractivity contribution in [2.45, 2.75) is 57.1 Å². The van der Waals surface area contributed by atoms with Crippen LogP contribution in [0, 0.1) is 5.92 Å². The number of aliphatic hydroxyl groups is 1. The van der Waals surface area contributed by atoms with Crippen LogP contribution >= 0.6 is 0 Å². The second-order valence-electron chi connectivity index (χ2n) is 7.35. The van der Waals surface area contributed by atoms with Crippen LogP contribution < -0.4 is 5.32 Å². The molecular formula is C20H32N2O. The van der Waals surface area contributed by atoms with E-state index in [1.165, 1.54) is 64.7 Å². The van der Waals surface area contributed by atoms with E-state index in [0.717, 1.165) is 17.9 Å². The van der Waals surface area contributed by atoms with Gasteiger partial charge in [0.1, 0.15) is 0 Å². The lowest BCUT2D eigenvalue weighted by Gasteiger charge is -2.35. The summed E-state index contributed by atoms with van der Waals surface area (Å²) >= 11 is 0. The highest BCUT2D eigenvalue weighted by atomic mass is 16.3. The van der Waals surface area contributed by atoms with Crippen molar-refractivity contribution in [1.29, 1.82) is 0 Å². The summed E-state index contributed by atoms with van der Waals surface area (Å²) in [5, 5.41) is 14.1. The van der Waals surface area contributed by atoms with Gasteiger partial charge in [0.15, 0.2) is 0 Å². The molecule has 2 unspecified atom stereocenters. The fourth-order valence-corrected chi connectivity index (χ4v) is 4.21. The molecule has 1 aromatic rings. The lowest BCUT2D eigenvalue weighted by atomic mass is 9.94. The van der Waals surface area contributed by atoms with Gasteiger partial charge in [-0.3, -0.25) is 0 Å². The molecule has 0 amide bonds. The number of nitrogens with one attached hydrogen (secondary N) is 1. The van der Waals surface area contributed by atoms with E-state index >= 15 is 0 Å². The third kappa shape index (κ3) is 5.03. The van der Waals surface area contributed by atoms with Crippen molar-refractivity contribution in [2.24, 2.45) is 5.92 Å². The first kappa shape index (κ1) is 16.9. The highest BCUT2D eigenvalue weighted by molar-refractivity contribution is 5.17. The Balaban J connectivity index is 1.61. The van der Waals surface area contributed by atoms with Gasteiger partial charge in [-0.2, -0.15) is 0 Å². The third-order valence-corrected chi connectivity index (χ3v) is 5.63. The average molecular weight is 316 g/mol. The van der Waals surface area contributed by atoms with Crippen molar-refractivity contribution in [3.8, 4) is 0 Å². The van der Waals surface area contributed by atoms with Crippen LogP contribution in [0.4, 0.5) is 0 Å². The summed E-state index contributed by atoms with van der Waals surface area (Å²) in [6.07, 6.45) is 8.41. The van der Waals surface area contributed by atoms with E-state index in [2.05, 4.69) is 22.3 Å². The van der Waals surface area contributed by atoms with Crippen molar-refractivity contribution in [1.82, 2.24) is 10.2 Å². The number of aliphatic hydroxyl groups excluding tert-OH is 1. The smallest absolute Gasteiger partial charge is 0.0805 e. The Bertz CT molecular complexity index is 444. The van der Waals surface area contributed by atoms with Crippen molar-refractivity contribution in [3.05, 3.63) is 35.9 Å². The quantitative estimate of drug-likeness (QED) is 0.874. The number of hydrogen-bond acceptors (Lipinski definition) is 3. The lowest BCUT2D eigenvalue weighted by molar-refractivity contribution is 0.0875. The van der Waals surface area contributed by atoms with Gasteiger partial charge in [0, 0.05) is 12.6 Å². The lowest BCUT2D eigenvalue weighted by Crippen LogP contribution is -2.42. The molecule has 3 nitrogen and oxygen atoms in total. The van der Waals surface area contributed by atoms with Gasteiger partial charge >= 0.3 is 0 Å². The van der Waals surface area contributed by atoms with E-state index in [-0.39, 0.29) is 6.10 Å². The minimum absolute atomic E-state index is 0.324. The molecule has 0 bridgehead atoms. The minimum atomic E-state index is -0.324. The van der Waals surface area contributed by atoms with Gasteiger partial charge in [0.05, 0.1) is 6.10 Å². The van der Waals surface area contributed by atoms with Crippen LogP contribution in [0.2, 0.25) is 0 Å². The molecule has 2 atom stereocenters. The molecule has 2 fully saturated rings. The number of hydrogen-bond donors (Lipinski definition) is 2. The standard InChI is InChI=1S/C20H32N2O/c23-20(18-7-3-1-4-8-18)15-19-9-5-2-6-14-22(19)16-17-10-12-21-13-11-17/h1,3-4,7-8,17,19-21,23H,2,5-6,9-16H2. The second kappa shape index (κ2) is 8.81. The van der Waals surface area contributed by atoms with Gasteiger partial charge in [-0.05, 0) is 63.2 Å². The second-order valence-corrected chi connectivity index (χ2v) is 7.35. The van der Waals surface area contributed by atoms with Gasteiger partial charge < -0.3 is 15.3 Å². The summed E-state index contributed by atoms with van der Waals surface area (Å²) in [4.78, 5) is 2.70. The molecule has 0 aromatic heterocycles. The zero-order valence-electron chi connectivity index (χ0n) is 14.3. The monoisotopic (exact) mass is 316 g/mol. The van der Waals surface area contributed by atoms with Crippen molar-refractivity contribution in [3.63, 3.8) is 0 Å². The van der Waals surface area contributed by atoms with E-state index in [0.29, 0.717) is 6.04 Å². The molecule has 1 aromatic carbocycles. The fourth-order valence-electron chi connectivity index (χ4n) is 4.21. The van der Waals surface area contributed by atoms with Gasteiger partial charge in [0.2, 0.25) is 0 Å². The summed E-state index contributed by atoms with van der Waals surface area (Å²) in [6.45, 7) is 4.80. The molecule has 2 N–H and O–H groups in total. The summed E-state index contributed by atoms with van der Waals surface area (Å²) in [5.41, 5.74) is 1.07. The maximum atomic E-state index is 10.7. The number of rotatable bonds is 5. The fraction of sp³-hybridized carbons (Fsp3) is 0.700. The SMILES string of the molecule is OC(CC1CCCCCN1CC1CCNCC1)c1ccccc1. The third-order valence-electron chi connectivity index (χ3n) is 5.63. The molecule has 3 heteroatoms. The molecule has 2 aliphatic heterocycles. The van der Waals surface area contributed by atoms with E-state index in [1.54, 1.807) is 0 Å². The molecule has 2 saturated heterocycles. The Hall–Kier alpha value is -0.900. The molecule has 0 aliphatic carbocycles. The van der Waals surface area contributed by atoms with E-state index in [9.17, 15) is 5.11 Å². The number of likely N-dealkylation sites (tertiary alicyclic amines) is 1. The minimum Gasteiger partial charge on any atom is -0.388 e. The predicted molar refractivity (Wildman–Crippen MR) is 95.4 cm³/mol. The zero-order valence-corrected chi connectivity index (χ0v) is 14.3. The maximum Gasteiger partial charge on any atom is 0.0805 e. The summed E-state index contributed by atoms with van der Waals surface area (Å²) in [6, 6.07) is 10.7. The molecule has 128 valence electrons. The van der Waals surface area contributed by atoms with E-state index in [4.69, 9.17) is 0 Å². The van der Waals surface area contributed by atoms with Gasteiger partial charge in [-0.25, -0.2) is 0 Å². The van der Waals surface area contributed by atoms with E-state index < -0.39 is 0 Å². The highest BCUT2D eigenvalue weighted by Gasteiger charge is 2.26. The Labute approximate surface area is 141 Å². The number of piperidine rings is 1. The Morgan fingerprint density at radius 3 is 2.61 bits per heavy atom. The molecule has 0 radical (unpaired) electrons. The molecular weight excluding hydrogens is 284 g/mol. The molecule has 0 spiro atoms. The Morgan fingerprint density at radius 1 is 1.04 bits per heavy atom. The molecule has 2 heterocycles.